The van der Waals surface area contributed by atoms with Crippen molar-refractivity contribution in [3.05, 3.63) is 123 Å². The van der Waals surface area contributed by atoms with E-state index in [-0.39, 0.29) is 70.1 Å². The maximum Gasteiger partial charge on any atom is 0.189 e. The fraction of sp³-hybridized carbons (Fsp3) is 0.250. The number of aliphatic hydroxyl groups is 2. The van der Waals surface area contributed by atoms with Crippen LogP contribution in [0.25, 0.3) is 6.08 Å². The van der Waals surface area contributed by atoms with Gasteiger partial charge in [-0.15, -0.1) is 0 Å². The zero-order valence-corrected chi connectivity index (χ0v) is 27.7. The second kappa shape index (κ2) is 14.3. The summed E-state index contributed by atoms with van der Waals surface area (Å²) in [5.74, 6) is -6.87. The first-order valence-electron chi connectivity index (χ1n) is 16.0. The standard InChI is InChI=1S/C40H38O10/c1-20(2)4-9-26-32(44)14-12-28(38(26)48)40(50)36-29(25-10-8-24(42)19-35(25)47)16-21(3)17-30(36)37-33(45)15-11-27(39(37)49)31(43)13-6-22-5-7-23(41)18-34(22)46/h4-8,10-11,13,15,17-18,29-30,35-36,41-42,44-49H,9,16,19H2,1-3H3/b13-6+. The third-order valence-electron chi connectivity index (χ3n) is 9.11. The SMILES string of the molecule is CC(C)=CCc1c(O)c#cc(C(=O)C2C(C3=CC=C(O)CC3O)CC(C)=CC2c2c(O)ccc(C(=O)/C=C/c3ccc(O)cc3O)c2O)c1O. The van der Waals surface area contributed by atoms with Crippen LogP contribution in [0.1, 0.15) is 76.9 Å². The number of Topliss-reactive ketones (excluding diaryl/α,β-unsaturated/α-hetero) is 1. The number of aliphatic hydroxyl groups excluding tert-OH is 2. The lowest BCUT2D eigenvalue weighted by molar-refractivity contribution is 0.0838. The minimum Gasteiger partial charge on any atom is -0.512 e. The summed E-state index contributed by atoms with van der Waals surface area (Å²) in [6.07, 6.45) is 7.88. The molecule has 4 unspecified atom stereocenters. The number of rotatable bonds is 9. The molecule has 50 heavy (non-hydrogen) atoms. The molecule has 2 aliphatic carbocycles. The third-order valence-corrected chi connectivity index (χ3v) is 9.11. The first-order valence-corrected chi connectivity index (χ1v) is 16.0. The third kappa shape index (κ3) is 7.09. The predicted molar refractivity (Wildman–Crippen MR) is 185 cm³/mol. The summed E-state index contributed by atoms with van der Waals surface area (Å²) in [6, 6.07) is 11.4. The van der Waals surface area contributed by atoms with Crippen molar-refractivity contribution in [1.82, 2.24) is 0 Å². The molecule has 0 radical (unpaired) electrons. The molecule has 0 amide bonds. The molecule has 2 aliphatic rings. The van der Waals surface area contributed by atoms with Crippen molar-refractivity contribution >= 4 is 17.6 Å². The highest BCUT2D eigenvalue weighted by Gasteiger charge is 2.45. The minimum atomic E-state index is -1.20. The van der Waals surface area contributed by atoms with Crippen LogP contribution in [0.5, 0.6) is 34.5 Å². The molecular weight excluding hydrogens is 640 g/mol. The normalized spacial score (nSPS) is 20.4. The van der Waals surface area contributed by atoms with E-state index in [2.05, 4.69) is 12.1 Å². The Labute approximate surface area is 289 Å². The van der Waals surface area contributed by atoms with Crippen LogP contribution in [0.2, 0.25) is 0 Å². The molecule has 3 aromatic rings. The average Bonchev–Trinajstić information content (AvgIpc) is 3.03. The number of ketones is 2. The molecule has 0 bridgehead atoms. The van der Waals surface area contributed by atoms with Gasteiger partial charge in [-0.2, -0.15) is 0 Å². The van der Waals surface area contributed by atoms with Crippen LogP contribution >= 0.6 is 0 Å². The lowest BCUT2D eigenvalue weighted by Crippen LogP contribution is -2.37. The Morgan fingerprint density at radius 1 is 0.900 bits per heavy atom. The summed E-state index contributed by atoms with van der Waals surface area (Å²) >= 11 is 0. The Kier molecular flexibility index (Phi) is 10.1. The number of hydrogen-bond donors (Lipinski definition) is 8. The van der Waals surface area contributed by atoms with E-state index in [0.29, 0.717) is 5.57 Å². The van der Waals surface area contributed by atoms with Crippen LogP contribution in [0.15, 0.2) is 83.2 Å². The van der Waals surface area contributed by atoms with Crippen LogP contribution in [0.3, 0.4) is 0 Å². The van der Waals surface area contributed by atoms with Gasteiger partial charge in [-0.05, 0) is 93.7 Å². The molecule has 10 nitrogen and oxygen atoms in total. The van der Waals surface area contributed by atoms with E-state index < -0.39 is 52.7 Å². The van der Waals surface area contributed by atoms with E-state index in [0.717, 1.165) is 23.3 Å². The van der Waals surface area contributed by atoms with E-state index in [4.69, 9.17) is 0 Å². The number of aromatic hydroxyl groups is 6. The zero-order chi connectivity index (χ0) is 36.4. The van der Waals surface area contributed by atoms with Crippen molar-refractivity contribution in [3.8, 4) is 34.5 Å². The van der Waals surface area contributed by atoms with Gasteiger partial charge in [0, 0.05) is 41.0 Å². The van der Waals surface area contributed by atoms with Crippen LogP contribution in [0.4, 0.5) is 0 Å². The summed E-state index contributed by atoms with van der Waals surface area (Å²) in [6.45, 7) is 5.46. The van der Waals surface area contributed by atoms with Gasteiger partial charge in [0.2, 0.25) is 0 Å². The zero-order valence-electron chi connectivity index (χ0n) is 27.7. The molecule has 5 rings (SSSR count). The molecule has 0 aromatic heterocycles. The van der Waals surface area contributed by atoms with Crippen LogP contribution in [0, 0.1) is 24.0 Å². The van der Waals surface area contributed by atoms with E-state index in [1.54, 1.807) is 19.1 Å². The second-order valence-electron chi connectivity index (χ2n) is 12.9. The molecule has 0 fully saturated rings. The lowest BCUT2D eigenvalue weighted by Gasteiger charge is -2.39. The maximum absolute atomic E-state index is 14.7. The number of carbonyl (C=O) groups is 2. The van der Waals surface area contributed by atoms with E-state index in [1.807, 2.05) is 13.8 Å². The van der Waals surface area contributed by atoms with Crippen LogP contribution < -0.4 is 0 Å². The van der Waals surface area contributed by atoms with Crippen LogP contribution in [-0.2, 0) is 6.42 Å². The molecule has 8 N–H and O–H groups in total. The number of hydrogen-bond acceptors (Lipinski definition) is 10. The van der Waals surface area contributed by atoms with E-state index >= 15 is 0 Å². The summed E-state index contributed by atoms with van der Waals surface area (Å²) in [5, 5.41) is 85.6. The Hall–Kier alpha value is -5.92. The molecule has 0 aliphatic heterocycles. The number of phenols is 4. The van der Waals surface area contributed by atoms with Gasteiger partial charge in [-0.25, -0.2) is 0 Å². The largest absolute Gasteiger partial charge is 0.512 e. The van der Waals surface area contributed by atoms with Crippen molar-refractivity contribution in [2.75, 3.05) is 0 Å². The Morgan fingerprint density at radius 2 is 1.64 bits per heavy atom. The van der Waals surface area contributed by atoms with Crippen molar-refractivity contribution < 1.29 is 50.4 Å². The maximum atomic E-state index is 14.7. The fourth-order valence-corrected chi connectivity index (χ4v) is 6.61. The van der Waals surface area contributed by atoms with Gasteiger partial charge in [0.1, 0.15) is 34.3 Å². The topological polar surface area (TPSA) is 196 Å². The summed E-state index contributed by atoms with van der Waals surface area (Å²) in [7, 11) is 0. The van der Waals surface area contributed by atoms with Gasteiger partial charge >= 0.3 is 0 Å². The van der Waals surface area contributed by atoms with Gasteiger partial charge in [-0.3, -0.25) is 9.59 Å². The first-order chi connectivity index (χ1) is 23.7. The number of phenolic OH excluding ortho intramolecular Hbond substituents is 4. The molecule has 0 spiro atoms. The van der Waals surface area contributed by atoms with Gasteiger partial charge in [0.25, 0.3) is 0 Å². The highest BCUT2D eigenvalue weighted by Crippen LogP contribution is 2.51. The number of benzene rings is 2. The fourth-order valence-electron chi connectivity index (χ4n) is 6.61. The van der Waals surface area contributed by atoms with Crippen molar-refractivity contribution in [3.63, 3.8) is 0 Å². The predicted octanol–water partition coefficient (Wildman–Crippen LogP) is 6.61. The second-order valence-corrected chi connectivity index (χ2v) is 12.9. The van der Waals surface area contributed by atoms with E-state index in [1.165, 1.54) is 42.5 Å². The van der Waals surface area contributed by atoms with Gasteiger partial charge in [0.15, 0.2) is 17.3 Å². The molecular formula is C40H38O10. The monoisotopic (exact) mass is 678 g/mol. The smallest absolute Gasteiger partial charge is 0.189 e. The van der Waals surface area contributed by atoms with Gasteiger partial charge < -0.3 is 40.9 Å². The summed E-state index contributed by atoms with van der Waals surface area (Å²) in [5.41, 5.74) is 1.68. The number of carbonyl (C=O) groups excluding carboxylic acids is 2. The Morgan fingerprint density at radius 3 is 2.32 bits per heavy atom. The minimum absolute atomic E-state index is 0.0537. The molecule has 3 aromatic carbocycles. The quantitative estimate of drug-likeness (QED) is 0.0693. The first kappa shape index (κ1) is 35.4. The van der Waals surface area contributed by atoms with Crippen molar-refractivity contribution in [1.29, 1.82) is 0 Å². The highest BCUT2D eigenvalue weighted by molar-refractivity contribution is 6.09. The molecule has 0 saturated carbocycles. The van der Waals surface area contributed by atoms with Gasteiger partial charge in [-0.1, -0.05) is 35.4 Å². The highest BCUT2D eigenvalue weighted by atomic mass is 16.3. The van der Waals surface area contributed by atoms with Crippen molar-refractivity contribution in [2.24, 2.45) is 11.8 Å². The average molecular weight is 679 g/mol. The number of allylic oxidation sites excluding steroid dienone is 7. The molecule has 258 valence electrons. The molecule has 0 heterocycles. The Balaban J connectivity index is 1.66. The lowest BCUT2D eigenvalue weighted by atomic mass is 9.63. The van der Waals surface area contributed by atoms with Gasteiger partial charge in [0.05, 0.1) is 17.4 Å². The van der Waals surface area contributed by atoms with E-state index in [9.17, 15) is 50.4 Å². The summed E-state index contributed by atoms with van der Waals surface area (Å²) in [4.78, 5) is 28.1. The van der Waals surface area contributed by atoms with Crippen molar-refractivity contribution in [2.45, 2.75) is 52.1 Å². The molecule has 4 atom stereocenters. The molecule has 10 heteroatoms. The molecule has 0 saturated heterocycles. The van der Waals surface area contributed by atoms with Crippen LogP contribution in [-0.4, -0.2) is 58.5 Å². The Bertz CT molecular complexity index is 2010. The summed E-state index contributed by atoms with van der Waals surface area (Å²) < 4.78 is 0.